The Balaban J connectivity index is 1.37. The first kappa shape index (κ1) is 22.9. The number of piperidine rings is 1. The highest BCUT2D eigenvalue weighted by Gasteiger charge is 2.33. The Morgan fingerprint density at radius 3 is 2.53 bits per heavy atom. The van der Waals surface area contributed by atoms with E-state index in [0.717, 1.165) is 22.8 Å². The summed E-state index contributed by atoms with van der Waals surface area (Å²) < 4.78 is 29.8. The van der Waals surface area contributed by atoms with E-state index in [-0.39, 0.29) is 17.3 Å². The molecule has 1 amide bonds. The smallest absolute Gasteiger partial charge is 0.243 e. The molecule has 1 saturated heterocycles. The van der Waals surface area contributed by atoms with Gasteiger partial charge in [-0.05, 0) is 68.3 Å². The van der Waals surface area contributed by atoms with Crippen molar-refractivity contribution in [3.8, 4) is 0 Å². The minimum absolute atomic E-state index is 0.158. The molecule has 8 heteroatoms. The van der Waals surface area contributed by atoms with E-state index in [1.165, 1.54) is 22.0 Å². The SMILES string of the molecule is CCn1c2ccccc2c2cc(NC(=O)[C@H]3CCCN(S(=O)(=O)c4ccc(Cl)cc4)C3)ccc21. The van der Waals surface area contributed by atoms with Crippen molar-refractivity contribution in [1.29, 1.82) is 0 Å². The van der Waals surface area contributed by atoms with Crippen LogP contribution in [0.2, 0.25) is 5.02 Å². The Morgan fingerprint density at radius 2 is 1.76 bits per heavy atom. The van der Waals surface area contributed by atoms with Gasteiger partial charge in [-0.1, -0.05) is 29.8 Å². The number of halogens is 1. The third-order valence-electron chi connectivity index (χ3n) is 6.56. The van der Waals surface area contributed by atoms with Crippen molar-refractivity contribution in [2.75, 3.05) is 18.4 Å². The standard InChI is InChI=1S/C26H26ClN3O3S/c1-2-30-24-8-4-3-7-22(24)23-16-20(11-14-25(23)30)28-26(31)18-6-5-15-29(17-18)34(32,33)21-12-9-19(27)10-13-21/h3-4,7-14,16,18H,2,5-6,15,17H2,1H3,(H,28,31)/t18-/m0/s1. The number of rotatable bonds is 5. The van der Waals surface area contributed by atoms with Gasteiger partial charge in [0.15, 0.2) is 0 Å². The number of fused-ring (bicyclic) bond motifs is 3. The number of hydrogen-bond donors (Lipinski definition) is 1. The lowest BCUT2D eigenvalue weighted by molar-refractivity contribution is -0.120. The molecule has 3 aromatic carbocycles. The summed E-state index contributed by atoms with van der Waals surface area (Å²) in [6.07, 6.45) is 1.28. The molecule has 176 valence electrons. The molecule has 2 heterocycles. The van der Waals surface area contributed by atoms with Crippen molar-refractivity contribution in [2.45, 2.75) is 31.2 Å². The fourth-order valence-electron chi connectivity index (χ4n) is 4.85. The van der Waals surface area contributed by atoms with Crippen LogP contribution in [-0.4, -0.2) is 36.3 Å². The third-order valence-corrected chi connectivity index (χ3v) is 8.69. The van der Waals surface area contributed by atoms with Crippen LogP contribution in [0.25, 0.3) is 21.8 Å². The molecule has 5 rings (SSSR count). The molecule has 6 nitrogen and oxygen atoms in total. The minimum Gasteiger partial charge on any atom is -0.341 e. The lowest BCUT2D eigenvalue weighted by Crippen LogP contribution is -2.43. The van der Waals surface area contributed by atoms with E-state index in [0.29, 0.717) is 30.1 Å². The van der Waals surface area contributed by atoms with Crippen LogP contribution in [0.5, 0.6) is 0 Å². The van der Waals surface area contributed by atoms with Crippen molar-refractivity contribution in [1.82, 2.24) is 8.87 Å². The quantitative estimate of drug-likeness (QED) is 0.397. The summed E-state index contributed by atoms with van der Waals surface area (Å²) in [4.78, 5) is 13.3. The number of hydrogen-bond acceptors (Lipinski definition) is 3. The number of carbonyl (C=O) groups is 1. The van der Waals surface area contributed by atoms with E-state index in [4.69, 9.17) is 11.6 Å². The Kier molecular flexibility index (Phi) is 6.10. The number of para-hydroxylation sites is 1. The maximum absolute atomic E-state index is 13.1. The van der Waals surface area contributed by atoms with E-state index in [1.54, 1.807) is 12.1 Å². The number of carbonyl (C=O) groups excluding carboxylic acids is 1. The molecule has 1 atom stereocenters. The van der Waals surface area contributed by atoms with Crippen LogP contribution in [0.15, 0.2) is 71.6 Å². The Hall–Kier alpha value is -2.87. The molecule has 0 radical (unpaired) electrons. The van der Waals surface area contributed by atoms with Crippen molar-refractivity contribution in [3.63, 3.8) is 0 Å². The lowest BCUT2D eigenvalue weighted by atomic mass is 9.98. The molecule has 0 aliphatic carbocycles. The topological polar surface area (TPSA) is 71.4 Å². The number of nitrogens with one attached hydrogen (secondary N) is 1. The monoisotopic (exact) mass is 495 g/mol. The maximum Gasteiger partial charge on any atom is 0.243 e. The number of anilines is 1. The van der Waals surface area contributed by atoms with E-state index < -0.39 is 15.9 Å². The van der Waals surface area contributed by atoms with Gasteiger partial charge in [-0.2, -0.15) is 4.31 Å². The summed E-state index contributed by atoms with van der Waals surface area (Å²) >= 11 is 5.90. The maximum atomic E-state index is 13.1. The van der Waals surface area contributed by atoms with Crippen molar-refractivity contribution < 1.29 is 13.2 Å². The lowest BCUT2D eigenvalue weighted by Gasteiger charge is -2.31. The third kappa shape index (κ3) is 4.08. The first-order valence-electron chi connectivity index (χ1n) is 11.5. The van der Waals surface area contributed by atoms with Crippen LogP contribution in [0, 0.1) is 5.92 Å². The zero-order valence-corrected chi connectivity index (χ0v) is 20.4. The highest BCUT2D eigenvalue weighted by Crippen LogP contribution is 2.32. The van der Waals surface area contributed by atoms with Gasteiger partial charge in [-0.15, -0.1) is 0 Å². The zero-order valence-electron chi connectivity index (χ0n) is 18.9. The highest BCUT2D eigenvalue weighted by atomic mass is 35.5. The molecule has 1 aromatic heterocycles. The summed E-state index contributed by atoms with van der Waals surface area (Å²) in [7, 11) is -3.68. The predicted octanol–water partition coefficient (Wildman–Crippen LogP) is 5.51. The fourth-order valence-corrected chi connectivity index (χ4v) is 6.50. The molecule has 0 unspecified atom stereocenters. The molecular formula is C26H26ClN3O3S. The van der Waals surface area contributed by atoms with Crippen LogP contribution < -0.4 is 5.32 Å². The number of aryl methyl sites for hydroxylation is 1. The molecule has 0 bridgehead atoms. The van der Waals surface area contributed by atoms with Crippen LogP contribution in [0.4, 0.5) is 5.69 Å². The highest BCUT2D eigenvalue weighted by molar-refractivity contribution is 7.89. The fraction of sp³-hybridized carbons (Fsp3) is 0.269. The summed E-state index contributed by atoms with van der Waals surface area (Å²) in [6, 6.07) is 20.3. The molecule has 1 fully saturated rings. The van der Waals surface area contributed by atoms with Crippen molar-refractivity contribution >= 4 is 55.0 Å². The molecule has 1 N–H and O–H groups in total. The molecule has 0 spiro atoms. The minimum atomic E-state index is -3.68. The summed E-state index contributed by atoms with van der Waals surface area (Å²) in [5.74, 6) is -0.571. The average molecular weight is 496 g/mol. The van der Waals surface area contributed by atoms with Gasteiger partial charge in [-0.3, -0.25) is 4.79 Å². The number of aromatic nitrogens is 1. The van der Waals surface area contributed by atoms with Crippen molar-refractivity contribution in [2.24, 2.45) is 5.92 Å². The Labute approximate surface area is 204 Å². The molecular weight excluding hydrogens is 470 g/mol. The van der Waals surface area contributed by atoms with Crippen molar-refractivity contribution in [3.05, 3.63) is 71.8 Å². The largest absolute Gasteiger partial charge is 0.341 e. The van der Waals surface area contributed by atoms with Crippen LogP contribution in [-0.2, 0) is 21.4 Å². The zero-order chi connectivity index (χ0) is 23.9. The number of sulfonamides is 1. The van der Waals surface area contributed by atoms with Gasteiger partial charge < -0.3 is 9.88 Å². The second kappa shape index (κ2) is 9.06. The predicted molar refractivity (Wildman–Crippen MR) is 137 cm³/mol. The number of amides is 1. The van der Waals surface area contributed by atoms with E-state index in [1.807, 2.05) is 30.3 Å². The molecule has 4 aromatic rings. The van der Waals surface area contributed by atoms with Crippen LogP contribution in [0.1, 0.15) is 19.8 Å². The van der Waals surface area contributed by atoms with Gasteiger partial charge in [0.2, 0.25) is 15.9 Å². The van der Waals surface area contributed by atoms with E-state index in [2.05, 4.69) is 28.9 Å². The van der Waals surface area contributed by atoms with Crippen LogP contribution in [0.3, 0.4) is 0 Å². The van der Waals surface area contributed by atoms with Gasteiger partial charge >= 0.3 is 0 Å². The molecule has 0 saturated carbocycles. The Morgan fingerprint density at radius 1 is 1.03 bits per heavy atom. The summed E-state index contributed by atoms with van der Waals surface area (Å²) in [5.41, 5.74) is 3.01. The van der Waals surface area contributed by atoms with Gasteiger partial charge in [0.25, 0.3) is 0 Å². The van der Waals surface area contributed by atoms with Gasteiger partial charge in [-0.25, -0.2) is 8.42 Å². The van der Waals surface area contributed by atoms with Gasteiger partial charge in [0.1, 0.15) is 0 Å². The Bertz CT molecular complexity index is 1480. The van der Waals surface area contributed by atoms with E-state index >= 15 is 0 Å². The summed E-state index contributed by atoms with van der Waals surface area (Å²) in [5, 5.41) is 5.74. The van der Waals surface area contributed by atoms with E-state index in [9.17, 15) is 13.2 Å². The first-order chi connectivity index (χ1) is 16.4. The molecule has 1 aliphatic heterocycles. The molecule has 1 aliphatic rings. The first-order valence-corrected chi connectivity index (χ1v) is 13.3. The second-order valence-electron chi connectivity index (χ2n) is 8.64. The number of nitrogens with zero attached hydrogens (tertiary/aromatic N) is 2. The summed E-state index contributed by atoms with van der Waals surface area (Å²) in [6.45, 7) is 3.54. The average Bonchev–Trinajstić information content (AvgIpc) is 3.17. The normalized spacial score (nSPS) is 17.3. The van der Waals surface area contributed by atoms with Gasteiger partial charge in [0.05, 0.1) is 10.8 Å². The number of benzene rings is 3. The second-order valence-corrected chi connectivity index (χ2v) is 11.0. The molecule has 34 heavy (non-hydrogen) atoms. The van der Waals surface area contributed by atoms with Crippen LogP contribution >= 0.6 is 11.6 Å². The van der Waals surface area contributed by atoms with Gasteiger partial charge in [0, 0.05) is 52.2 Å².